The van der Waals surface area contributed by atoms with Crippen LogP contribution < -0.4 is 0 Å². The molecule has 0 saturated carbocycles. The second-order valence-electron chi connectivity index (χ2n) is 3.75. The average molecular weight is 308 g/mol. The summed E-state index contributed by atoms with van der Waals surface area (Å²) in [5.74, 6) is 1.25. The molecule has 0 radical (unpaired) electrons. The van der Waals surface area contributed by atoms with Crippen LogP contribution in [0.25, 0.3) is 0 Å². The van der Waals surface area contributed by atoms with Crippen molar-refractivity contribution in [3.63, 3.8) is 0 Å². The molecule has 1 nitrogen and oxygen atoms in total. The monoisotopic (exact) mass is 307 g/mol. The van der Waals surface area contributed by atoms with E-state index in [2.05, 4.69) is 53.2 Å². The summed E-state index contributed by atoms with van der Waals surface area (Å²) in [6, 6.07) is 4.99. The number of hydrogen-bond acceptors (Lipinski definition) is 3. The molecule has 86 valence electrons. The van der Waals surface area contributed by atoms with Gasteiger partial charge in [0.15, 0.2) is 0 Å². The normalized spacial score (nSPS) is 13.4. The predicted molar refractivity (Wildman–Crippen MR) is 75.9 cm³/mol. The van der Waals surface area contributed by atoms with Gasteiger partial charge >= 0.3 is 0 Å². The van der Waals surface area contributed by atoms with Gasteiger partial charge in [0.2, 0.25) is 0 Å². The summed E-state index contributed by atoms with van der Waals surface area (Å²) >= 11 is 7.25. The number of halogens is 1. The number of thiophene rings is 1. The van der Waals surface area contributed by atoms with Crippen LogP contribution in [-0.2, 0) is 6.54 Å². The summed E-state index contributed by atoms with van der Waals surface area (Å²) in [5, 5.41) is 0. The van der Waals surface area contributed by atoms with Crippen LogP contribution in [0.5, 0.6) is 0 Å². The standard InChI is InChI=1S/C11H18BrNS2/c1-9(6-7-14-3)13(2)8-10-4-5-11(12)15-10/h4-5,9H,6-8H2,1-3H3. The zero-order valence-electron chi connectivity index (χ0n) is 9.50. The smallest absolute Gasteiger partial charge is 0.0701 e. The van der Waals surface area contributed by atoms with Gasteiger partial charge in [0.05, 0.1) is 3.79 Å². The lowest BCUT2D eigenvalue weighted by atomic mass is 10.2. The molecule has 0 aliphatic rings. The molecular weight excluding hydrogens is 290 g/mol. The average Bonchev–Trinajstić information content (AvgIpc) is 2.60. The molecule has 1 aromatic heterocycles. The van der Waals surface area contributed by atoms with E-state index in [1.54, 1.807) is 0 Å². The Kier molecular flexibility index (Phi) is 6.27. The highest BCUT2D eigenvalue weighted by atomic mass is 79.9. The van der Waals surface area contributed by atoms with Crippen molar-refractivity contribution in [2.45, 2.75) is 25.9 Å². The Labute approximate surface area is 109 Å². The van der Waals surface area contributed by atoms with E-state index in [0.717, 1.165) is 6.54 Å². The van der Waals surface area contributed by atoms with Gasteiger partial charge in [0.25, 0.3) is 0 Å². The summed E-state index contributed by atoms with van der Waals surface area (Å²) in [6.07, 6.45) is 3.44. The second-order valence-corrected chi connectivity index (χ2v) is 7.28. The Morgan fingerprint density at radius 3 is 2.80 bits per heavy atom. The molecule has 0 bridgehead atoms. The first-order valence-electron chi connectivity index (χ1n) is 5.07. The van der Waals surface area contributed by atoms with Crippen LogP contribution in [0.1, 0.15) is 18.2 Å². The fourth-order valence-corrected chi connectivity index (χ4v) is 3.47. The number of thioether (sulfide) groups is 1. The number of hydrogen-bond donors (Lipinski definition) is 0. The fraction of sp³-hybridized carbons (Fsp3) is 0.636. The first kappa shape index (κ1) is 13.6. The topological polar surface area (TPSA) is 3.24 Å². The highest BCUT2D eigenvalue weighted by Crippen LogP contribution is 2.23. The molecule has 0 saturated heterocycles. The van der Waals surface area contributed by atoms with Gasteiger partial charge in [0.1, 0.15) is 0 Å². The second kappa shape index (κ2) is 6.94. The molecule has 0 aliphatic carbocycles. The highest BCUT2D eigenvalue weighted by Gasteiger charge is 2.10. The molecule has 0 aromatic carbocycles. The molecular formula is C11H18BrNS2. The summed E-state index contributed by atoms with van der Waals surface area (Å²) in [5.41, 5.74) is 0. The van der Waals surface area contributed by atoms with E-state index in [9.17, 15) is 0 Å². The lowest BCUT2D eigenvalue weighted by Gasteiger charge is -2.23. The van der Waals surface area contributed by atoms with Crippen molar-refractivity contribution in [1.29, 1.82) is 0 Å². The van der Waals surface area contributed by atoms with Gasteiger partial charge in [-0.25, -0.2) is 0 Å². The first-order valence-corrected chi connectivity index (χ1v) is 8.07. The summed E-state index contributed by atoms with van der Waals surface area (Å²) in [6.45, 7) is 3.37. The molecule has 1 heterocycles. The van der Waals surface area contributed by atoms with Crippen molar-refractivity contribution < 1.29 is 0 Å². The largest absolute Gasteiger partial charge is 0.299 e. The molecule has 0 aliphatic heterocycles. The molecule has 0 N–H and O–H groups in total. The van der Waals surface area contributed by atoms with E-state index in [0.29, 0.717) is 6.04 Å². The van der Waals surface area contributed by atoms with Crippen molar-refractivity contribution in [1.82, 2.24) is 4.90 Å². The molecule has 1 aromatic rings. The maximum absolute atomic E-state index is 3.50. The minimum atomic E-state index is 0.665. The molecule has 1 unspecified atom stereocenters. The van der Waals surface area contributed by atoms with Gasteiger partial charge < -0.3 is 0 Å². The van der Waals surface area contributed by atoms with Crippen LogP contribution in [0.2, 0.25) is 0 Å². The van der Waals surface area contributed by atoms with Crippen molar-refractivity contribution >= 4 is 39.0 Å². The lowest BCUT2D eigenvalue weighted by Crippen LogP contribution is -2.28. The lowest BCUT2D eigenvalue weighted by molar-refractivity contribution is 0.247. The van der Waals surface area contributed by atoms with Crippen LogP contribution in [0.4, 0.5) is 0 Å². The molecule has 0 amide bonds. The maximum atomic E-state index is 3.50. The van der Waals surface area contributed by atoms with E-state index < -0.39 is 0 Å². The number of nitrogens with zero attached hydrogens (tertiary/aromatic N) is 1. The van der Waals surface area contributed by atoms with Gasteiger partial charge in [-0.1, -0.05) is 0 Å². The van der Waals surface area contributed by atoms with E-state index in [4.69, 9.17) is 0 Å². The molecule has 4 heteroatoms. The SMILES string of the molecule is CSCCC(C)N(C)Cc1ccc(Br)s1. The Morgan fingerprint density at radius 2 is 2.27 bits per heavy atom. The molecule has 0 fully saturated rings. The quantitative estimate of drug-likeness (QED) is 0.779. The summed E-state index contributed by atoms with van der Waals surface area (Å²) in [7, 11) is 2.21. The molecule has 1 rings (SSSR count). The fourth-order valence-electron chi connectivity index (χ4n) is 1.35. The zero-order valence-corrected chi connectivity index (χ0v) is 12.7. The van der Waals surface area contributed by atoms with Crippen LogP contribution in [0, 0.1) is 0 Å². The molecule has 0 spiro atoms. The molecule has 15 heavy (non-hydrogen) atoms. The van der Waals surface area contributed by atoms with Crippen molar-refractivity contribution in [2.75, 3.05) is 19.1 Å². The third kappa shape index (κ3) is 4.89. The van der Waals surface area contributed by atoms with Gasteiger partial charge in [0, 0.05) is 17.5 Å². The van der Waals surface area contributed by atoms with Crippen molar-refractivity contribution in [3.8, 4) is 0 Å². The van der Waals surface area contributed by atoms with E-state index in [1.165, 1.54) is 20.8 Å². The summed E-state index contributed by atoms with van der Waals surface area (Å²) < 4.78 is 1.22. The summed E-state index contributed by atoms with van der Waals surface area (Å²) in [4.78, 5) is 3.86. The van der Waals surface area contributed by atoms with Gasteiger partial charge in [-0.05, 0) is 60.5 Å². The van der Waals surface area contributed by atoms with Gasteiger partial charge in [-0.15, -0.1) is 11.3 Å². The van der Waals surface area contributed by atoms with Crippen LogP contribution in [0.3, 0.4) is 0 Å². The highest BCUT2D eigenvalue weighted by molar-refractivity contribution is 9.11. The number of rotatable bonds is 6. The zero-order chi connectivity index (χ0) is 11.3. The van der Waals surface area contributed by atoms with Crippen LogP contribution >= 0.6 is 39.0 Å². The Bertz CT molecular complexity index is 288. The third-order valence-corrected chi connectivity index (χ3v) is 4.78. The Hall–Kier alpha value is 0.490. The van der Waals surface area contributed by atoms with Gasteiger partial charge in [-0.2, -0.15) is 11.8 Å². The van der Waals surface area contributed by atoms with Crippen LogP contribution in [0.15, 0.2) is 15.9 Å². The van der Waals surface area contributed by atoms with Crippen molar-refractivity contribution in [3.05, 3.63) is 20.8 Å². The van der Waals surface area contributed by atoms with Crippen molar-refractivity contribution in [2.24, 2.45) is 0 Å². The van der Waals surface area contributed by atoms with Gasteiger partial charge in [-0.3, -0.25) is 4.90 Å². The Balaban J connectivity index is 2.37. The van der Waals surface area contributed by atoms with E-state index in [1.807, 2.05) is 23.1 Å². The molecule has 1 atom stereocenters. The third-order valence-electron chi connectivity index (χ3n) is 2.53. The maximum Gasteiger partial charge on any atom is 0.0701 e. The van der Waals surface area contributed by atoms with Crippen LogP contribution in [-0.4, -0.2) is 30.0 Å². The Morgan fingerprint density at radius 1 is 1.53 bits per heavy atom. The first-order chi connectivity index (χ1) is 7.13. The predicted octanol–water partition coefficient (Wildman–Crippen LogP) is 4.08. The minimum Gasteiger partial charge on any atom is -0.299 e. The minimum absolute atomic E-state index is 0.665. The van der Waals surface area contributed by atoms with E-state index in [-0.39, 0.29) is 0 Å². The van der Waals surface area contributed by atoms with E-state index >= 15 is 0 Å².